The van der Waals surface area contributed by atoms with Gasteiger partial charge in [-0.1, -0.05) is 0 Å². The van der Waals surface area contributed by atoms with Crippen molar-refractivity contribution in [2.24, 2.45) is 10.2 Å². The van der Waals surface area contributed by atoms with Gasteiger partial charge in [0.2, 0.25) is 0 Å². The summed E-state index contributed by atoms with van der Waals surface area (Å²) in [4.78, 5) is 30.1. The van der Waals surface area contributed by atoms with E-state index in [2.05, 4.69) is 10.2 Å². The summed E-state index contributed by atoms with van der Waals surface area (Å²) in [7, 11) is 0. The molecule has 0 aliphatic heterocycles. The zero-order valence-corrected chi connectivity index (χ0v) is 6.58. The van der Waals surface area contributed by atoms with Crippen LogP contribution in [-0.2, 0) is 14.4 Å². The molecule has 0 fully saturated rings. The number of carboxylic acids is 2. The van der Waals surface area contributed by atoms with Crippen molar-refractivity contribution in [1.29, 1.82) is 0 Å². The quantitative estimate of drug-likeness (QED) is 0.446. The Hall–Kier alpha value is -1.79. The van der Waals surface area contributed by atoms with Crippen molar-refractivity contribution in [3.63, 3.8) is 0 Å². The van der Waals surface area contributed by atoms with Gasteiger partial charge in [0.05, 0.1) is 0 Å². The second-order valence-corrected chi connectivity index (χ2v) is 2.12. The average molecular weight is 188 g/mol. The number of azo groups is 1. The van der Waals surface area contributed by atoms with Crippen LogP contribution in [-0.4, -0.2) is 34.6 Å². The predicted molar refractivity (Wildman–Crippen MR) is 39.2 cm³/mol. The molecule has 13 heavy (non-hydrogen) atoms. The normalized spacial score (nSPS) is 12.6. The average Bonchev–Trinajstić information content (AvgIpc) is 2.03. The topological polar surface area (TPSA) is 116 Å². The smallest absolute Gasteiger partial charge is 0.330 e. The summed E-state index contributed by atoms with van der Waals surface area (Å²) in [6, 6.07) is -1.26. The molecule has 0 aliphatic carbocycles. The largest absolute Gasteiger partial charge is 0.481 e. The second-order valence-electron chi connectivity index (χ2n) is 2.12. The van der Waals surface area contributed by atoms with Gasteiger partial charge in [0, 0.05) is 6.42 Å². The summed E-state index contributed by atoms with van der Waals surface area (Å²) in [5, 5.41) is 22.6. The van der Waals surface area contributed by atoms with Crippen LogP contribution in [0.15, 0.2) is 10.2 Å². The van der Waals surface area contributed by atoms with Gasteiger partial charge in [0.25, 0.3) is 6.41 Å². The van der Waals surface area contributed by atoms with Crippen molar-refractivity contribution in [2.75, 3.05) is 0 Å². The molecule has 7 nitrogen and oxygen atoms in total. The molecule has 1 atom stereocenters. The first-order valence-corrected chi connectivity index (χ1v) is 3.36. The molecule has 72 valence electrons. The van der Waals surface area contributed by atoms with Crippen LogP contribution in [0, 0.1) is 0 Å². The van der Waals surface area contributed by atoms with E-state index < -0.39 is 18.0 Å². The van der Waals surface area contributed by atoms with E-state index in [1.807, 2.05) is 0 Å². The van der Waals surface area contributed by atoms with Crippen LogP contribution >= 0.6 is 0 Å². The Morgan fingerprint density at radius 2 is 2.00 bits per heavy atom. The monoisotopic (exact) mass is 188 g/mol. The van der Waals surface area contributed by atoms with Crippen LogP contribution in [0.2, 0.25) is 0 Å². The molecule has 1 unspecified atom stereocenters. The van der Waals surface area contributed by atoms with Crippen molar-refractivity contribution in [2.45, 2.75) is 18.9 Å². The fraction of sp³-hybridized carbons (Fsp3) is 0.500. The number of carbonyl (C=O) groups excluding carboxylic acids is 1. The summed E-state index contributed by atoms with van der Waals surface area (Å²) < 4.78 is 0. The summed E-state index contributed by atoms with van der Waals surface area (Å²) in [5.74, 6) is -2.42. The minimum absolute atomic E-state index is 0.0940. The second kappa shape index (κ2) is 5.81. The first-order valence-electron chi connectivity index (χ1n) is 3.36. The highest BCUT2D eigenvalue weighted by molar-refractivity contribution is 5.75. The highest BCUT2D eigenvalue weighted by Gasteiger charge is 2.17. The molecular formula is C6H8N2O5. The molecule has 0 aromatic carbocycles. The molecule has 0 aromatic heterocycles. The van der Waals surface area contributed by atoms with Crippen molar-refractivity contribution in [3.8, 4) is 0 Å². The van der Waals surface area contributed by atoms with Crippen LogP contribution in [0.4, 0.5) is 0 Å². The maximum absolute atomic E-state index is 10.4. The zero-order chi connectivity index (χ0) is 10.3. The van der Waals surface area contributed by atoms with Gasteiger partial charge in [-0.2, -0.15) is 5.11 Å². The summed E-state index contributed by atoms with van der Waals surface area (Å²) in [5.41, 5.74) is 0. The number of carbonyl (C=O) groups is 3. The predicted octanol–water partition coefficient (Wildman–Crippen LogP) is -0.0870. The zero-order valence-electron chi connectivity index (χ0n) is 6.58. The van der Waals surface area contributed by atoms with Crippen molar-refractivity contribution >= 4 is 18.3 Å². The molecule has 0 saturated carbocycles. The molecule has 0 radical (unpaired) electrons. The number of hydrogen-bond acceptors (Lipinski definition) is 4. The van der Waals surface area contributed by atoms with Gasteiger partial charge in [0.1, 0.15) is 0 Å². The number of hydrogen-bond donors (Lipinski definition) is 2. The molecule has 7 heteroatoms. The van der Waals surface area contributed by atoms with E-state index in [1.54, 1.807) is 0 Å². The minimum Gasteiger partial charge on any atom is -0.481 e. The summed E-state index contributed by atoms with van der Waals surface area (Å²) in [6.45, 7) is 0. The SMILES string of the molecule is O=CN=NC(CCC(=O)O)C(=O)O. The number of aliphatic carboxylic acids is 2. The summed E-state index contributed by atoms with van der Waals surface area (Å²) in [6.07, 6.45) is -0.409. The van der Waals surface area contributed by atoms with Gasteiger partial charge in [0.15, 0.2) is 6.04 Å². The molecule has 0 spiro atoms. The molecule has 0 bridgehead atoms. The molecule has 0 saturated heterocycles. The third kappa shape index (κ3) is 5.48. The van der Waals surface area contributed by atoms with Crippen LogP contribution in [0.25, 0.3) is 0 Å². The Morgan fingerprint density at radius 3 is 2.38 bits per heavy atom. The first kappa shape index (κ1) is 11.2. The van der Waals surface area contributed by atoms with Gasteiger partial charge >= 0.3 is 11.9 Å². The van der Waals surface area contributed by atoms with Crippen molar-refractivity contribution in [1.82, 2.24) is 0 Å². The van der Waals surface area contributed by atoms with E-state index in [4.69, 9.17) is 10.2 Å². The standard InChI is InChI=1S/C6H8N2O5/c9-3-7-8-4(6(12)13)1-2-5(10)11/h3-4H,1-2H2,(H,10,11)(H,12,13). The molecule has 1 amide bonds. The van der Waals surface area contributed by atoms with Gasteiger partial charge in [-0.05, 0) is 6.42 Å². The highest BCUT2D eigenvalue weighted by atomic mass is 16.4. The van der Waals surface area contributed by atoms with E-state index in [-0.39, 0.29) is 19.3 Å². The summed E-state index contributed by atoms with van der Waals surface area (Å²) >= 11 is 0. The van der Waals surface area contributed by atoms with Crippen LogP contribution in [0.5, 0.6) is 0 Å². The van der Waals surface area contributed by atoms with Gasteiger partial charge in [-0.3, -0.25) is 9.59 Å². The lowest BCUT2D eigenvalue weighted by Gasteiger charge is -2.01. The Morgan fingerprint density at radius 1 is 1.38 bits per heavy atom. The maximum atomic E-state index is 10.4. The van der Waals surface area contributed by atoms with Gasteiger partial charge in [-0.15, -0.1) is 5.11 Å². The molecule has 2 N–H and O–H groups in total. The lowest BCUT2D eigenvalue weighted by molar-refractivity contribution is -0.139. The van der Waals surface area contributed by atoms with Crippen molar-refractivity contribution < 1.29 is 24.6 Å². The lowest BCUT2D eigenvalue weighted by Crippen LogP contribution is -2.18. The molecule has 0 aliphatic rings. The third-order valence-electron chi connectivity index (χ3n) is 1.17. The fourth-order valence-corrected chi connectivity index (χ4v) is 0.598. The molecule has 0 aromatic rings. The van der Waals surface area contributed by atoms with Crippen molar-refractivity contribution in [3.05, 3.63) is 0 Å². The Labute approximate surface area is 73.1 Å². The Balaban J connectivity index is 4.10. The number of carboxylic acid groups (broad SMARTS) is 2. The first-order chi connectivity index (χ1) is 6.07. The maximum Gasteiger partial charge on any atom is 0.330 e. The van der Waals surface area contributed by atoms with E-state index >= 15 is 0 Å². The lowest BCUT2D eigenvalue weighted by atomic mass is 10.2. The Kier molecular flexibility index (Phi) is 5.01. The molecular weight excluding hydrogens is 180 g/mol. The minimum atomic E-state index is -1.30. The number of nitrogens with zero attached hydrogens (tertiary/aromatic N) is 2. The number of rotatable bonds is 6. The van der Waals surface area contributed by atoms with Gasteiger partial charge < -0.3 is 10.2 Å². The molecule has 0 rings (SSSR count). The van der Waals surface area contributed by atoms with Crippen LogP contribution in [0.3, 0.4) is 0 Å². The molecule has 0 heterocycles. The van der Waals surface area contributed by atoms with E-state index in [9.17, 15) is 14.4 Å². The Bertz CT molecular complexity index is 237. The highest BCUT2D eigenvalue weighted by Crippen LogP contribution is 2.02. The fourth-order valence-electron chi connectivity index (χ4n) is 0.598. The van der Waals surface area contributed by atoms with E-state index in [1.165, 1.54) is 0 Å². The van der Waals surface area contributed by atoms with Crippen LogP contribution in [0.1, 0.15) is 12.8 Å². The van der Waals surface area contributed by atoms with Gasteiger partial charge in [-0.25, -0.2) is 4.79 Å². The third-order valence-corrected chi connectivity index (χ3v) is 1.17. The number of amides is 1. The van der Waals surface area contributed by atoms with E-state index in [0.29, 0.717) is 0 Å². The van der Waals surface area contributed by atoms with Crippen LogP contribution < -0.4 is 0 Å². The van der Waals surface area contributed by atoms with E-state index in [0.717, 1.165) is 0 Å².